The van der Waals surface area contributed by atoms with Gasteiger partial charge in [-0.2, -0.15) is 0 Å². The van der Waals surface area contributed by atoms with Gasteiger partial charge in [0.1, 0.15) is 23.9 Å². The van der Waals surface area contributed by atoms with Gasteiger partial charge in [-0.25, -0.2) is 0 Å². The largest absolute Gasteiger partial charge is 0.469 e. The molecule has 0 aromatic heterocycles. The number of aliphatic hydroxyl groups is 1. The Kier molecular flexibility index (Phi) is 7.97. The molecule has 35 heavy (non-hydrogen) atoms. The summed E-state index contributed by atoms with van der Waals surface area (Å²) in [7, 11) is 1.31. The van der Waals surface area contributed by atoms with Crippen LogP contribution in [0.4, 0.5) is 0 Å². The molecule has 2 N–H and O–H groups in total. The average Bonchev–Trinajstić information content (AvgIpc) is 2.85. The second-order valence-corrected chi connectivity index (χ2v) is 8.81. The lowest BCUT2D eigenvalue weighted by Crippen LogP contribution is -2.78. The van der Waals surface area contributed by atoms with Crippen LogP contribution in [0.1, 0.15) is 24.5 Å². The minimum atomic E-state index is -1.36. The molecule has 8 nitrogen and oxygen atoms in total. The fourth-order valence-electron chi connectivity index (χ4n) is 4.96. The van der Waals surface area contributed by atoms with Crippen molar-refractivity contribution in [2.24, 2.45) is 5.92 Å². The lowest BCUT2D eigenvalue weighted by molar-refractivity contribution is -0.301. The van der Waals surface area contributed by atoms with E-state index >= 15 is 0 Å². The second-order valence-electron chi connectivity index (χ2n) is 8.81. The van der Waals surface area contributed by atoms with Crippen LogP contribution in [0.15, 0.2) is 72.8 Å². The first kappa shape index (κ1) is 25.1. The van der Waals surface area contributed by atoms with Crippen LogP contribution >= 0.6 is 0 Å². The maximum absolute atomic E-state index is 12.6. The van der Waals surface area contributed by atoms with E-state index in [1.807, 2.05) is 66.7 Å². The third-order valence-corrected chi connectivity index (χ3v) is 6.49. The summed E-state index contributed by atoms with van der Waals surface area (Å²) in [5.41, 5.74) is 0.531. The Morgan fingerprint density at radius 3 is 2.06 bits per heavy atom. The minimum Gasteiger partial charge on any atom is -0.469 e. The molecule has 1 saturated heterocycles. The predicted molar refractivity (Wildman–Crippen MR) is 127 cm³/mol. The molecule has 1 heterocycles. The van der Waals surface area contributed by atoms with Crippen LogP contribution < -0.4 is 5.32 Å². The van der Waals surface area contributed by atoms with Crippen molar-refractivity contribution in [2.45, 2.75) is 56.7 Å². The number of carbonyl (C=O) groups is 2. The highest BCUT2D eigenvalue weighted by molar-refractivity contribution is 5.75. The molecule has 4 rings (SSSR count). The Morgan fingerprint density at radius 1 is 0.943 bits per heavy atom. The maximum Gasteiger partial charge on any atom is 0.306 e. The molecule has 1 aliphatic heterocycles. The molecule has 2 aliphatic rings. The Balaban J connectivity index is 1.73. The van der Waals surface area contributed by atoms with Gasteiger partial charge in [0.15, 0.2) is 6.29 Å². The summed E-state index contributed by atoms with van der Waals surface area (Å²) in [6, 6.07) is 19.1. The smallest absolute Gasteiger partial charge is 0.306 e. The zero-order valence-corrected chi connectivity index (χ0v) is 19.8. The van der Waals surface area contributed by atoms with Crippen LogP contribution in [0, 0.1) is 5.92 Å². The third-order valence-electron chi connectivity index (χ3n) is 6.49. The molecule has 1 amide bonds. The molecular weight excluding hydrogens is 450 g/mol. The van der Waals surface area contributed by atoms with Crippen LogP contribution in [-0.2, 0) is 41.8 Å². The molecule has 2 aromatic rings. The lowest BCUT2D eigenvalue weighted by atomic mass is 9.66. The van der Waals surface area contributed by atoms with Gasteiger partial charge in [-0.05, 0) is 11.1 Å². The quantitative estimate of drug-likeness (QED) is 0.419. The number of benzene rings is 2. The Labute approximate surface area is 204 Å². The topological polar surface area (TPSA) is 103 Å². The van der Waals surface area contributed by atoms with Crippen LogP contribution in [0.2, 0.25) is 0 Å². The van der Waals surface area contributed by atoms with E-state index in [-0.39, 0.29) is 25.5 Å². The number of amides is 1. The summed E-state index contributed by atoms with van der Waals surface area (Å²) in [5, 5.41) is 14.1. The van der Waals surface area contributed by atoms with Gasteiger partial charge in [-0.1, -0.05) is 72.8 Å². The number of hydrogen-bond acceptors (Lipinski definition) is 7. The van der Waals surface area contributed by atoms with Crippen molar-refractivity contribution in [3.8, 4) is 0 Å². The first-order chi connectivity index (χ1) is 16.9. The number of rotatable bonds is 9. The number of fused-ring (bicyclic) bond motifs is 2. The fraction of sp³-hybridized carbons (Fsp3) is 0.407. The van der Waals surface area contributed by atoms with E-state index in [0.717, 1.165) is 11.1 Å². The van der Waals surface area contributed by atoms with E-state index < -0.39 is 42.0 Å². The zero-order valence-electron chi connectivity index (χ0n) is 19.8. The number of methoxy groups -OCH3 is 1. The first-order valence-corrected chi connectivity index (χ1v) is 11.6. The molecule has 1 fully saturated rings. The zero-order chi connectivity index (χ0) is 24.8. The second kappa shape index (κ2) is 11.1. The van der Waals surface area contributed by atoms with Crippen molar-refractivity contribution < 1.29 is 33.6 Å². The molecule has 6 atom stereocenters. The van der Waals surface area contributed by atoms with E-state index in [0.29, 0.717) is 0 Å². The standard InChI is InChI=1S/C27H31NO7/c1-18(29)28-27-21(15-23(30)32-2)13-14-22(24(27)33-16-19-9-5-3-6-10-19)35-26(31)25(27)34-17-20-11-7-4-8-12-20/h3-14,21-22,24-26,31H,15-17H2,1-2H3,(H,28,29)/t21-,22-,24-,25-,26+,27-/m1/s1. The number of ether oxygens (including phenoxy) is 4. The van der Waals surface area contributed by atoms with Crippen molar-refractivity contribution in [3.63, 3.8) is 0 Å². The van der Waals surface area contributed by atoms with Crippen molar-refractivity contribution >= 4 is 11.9 Å². The highest BCUT2D eigenvalue weighted by Gasteiger charge is 2.63. The van der Waals surface area contributed by atoms with Crippen molar-refractivity contribution in [3.05, 3.63) is 83.9 Å². The van der Waals surface area contributed by atoms with Crippen molar-refractivity contribution in [1.29, 1.82) is 0 Å². The van der Waals surface area contributed by atoms with E-state index in [1.54, 1.807) is 6.08 Å². The summed E-state index contributed by atoms with van der Waals surface area (Å²) < 4.78 is 23.5. The summed E-state index contributed by atoms with van der Waals surface area (Å²) in [4.78, 5) is 24.9. The highest BCUT2D eigenvalue weighted by atomic mass is 16.7. The molecule has 1 aliphatic carbocycles. The monoisotopic (exact) mass is 481 g/mol. The number of esters is 1. The van der Waals surface area contributed by atoms with Gasteiger partial charge < -0.3 is 29.4 Å². The molecule has 186 valence electrons. The number of hydrogen-bond donors (Lipinski definition) is 2. The Morgan fingerprint density at radius 2 is 1.51 bits per heavy atom. The van der Waals surface area contributed by atoms with Crippen molar-refractivity contribution in [1.82, 2.24) is 5.32 Å². The molecule has 2 bridgehead atoms. The van der Waals surface area contributed by atoms with E-state index in [1.165, 1.54) is 14.0 Å². The summed E-state index contributed by atoms with van der Waals surface area (Å²) in [6.45, 7) is 1.80. The number of nitrogens with one attached hydrogen (secondary N) is 1. The molecule has 2 aromatic carbocycles. The first-order valence-electron chi connectivity index (χ1n) is 11.6. The van der Waals surface area contributed by atoms with Gasteiger partial charge in [-0.3, -0.25) is 9.59 Å². The van der Waals surface area contributed by atoms with Gasteiger partial charge in [0.2, 0.25) is 5.91 Å². The fourth-order valence-corrected chi connectivity index (χ4v) is 4.96. The van der Waals surface area contributed by atoms with Crippen LogP contribution in [0.25, 0.3) is 0 Å². The van der Waals surface area contributed by atoms with Crippen LogP contribution in [0.3, 0.4) is 0 Å². The van der Waals surface area contributed by atoms with Gasteiger partial charge in [0, 0.05) is 12.8 Å². The highest BCUT2D eigenvalue weighted by Crippen LogP contribution is 2.45. The van der Waals surface area contributed by atoms with Gasteiger partial charge in [0.05, 0.1) is 26.7 Å². The summed E-state index contributed by atoms with van der Waals surface area (Å²) in [6.07, 6.45) is -0.254. The van der Waals surface area contributed by atoms with Gasteiger partial charge in [-0.15, -0.1) is 0 Å². The SMILES string of the molecule is COC(=O)C[C@H]1C=C[C@H]2O[C@H](O)[C@@H](OCc3ccccc3)[C@]1(NC(C)=O)[C@@H]2OCc1ccccc1. The normalized spacial score (nSPS) is 29.4. The van der Waals surface area contributed by atoms with E-state index in [9.17, 15) is 14.7 Å². The molecule has 0 spiro atoms. The summed E-state index contributed by atoms with van der Waals surface area (Å²) in [5.74, 6) is -1.37. The third kappa shape index (κ3) is 5.46. The van der Waals surface area contributed by atoms with Crippen LogP contribution in [0.5, 0.6) is 0 Å². The van der Waals surface area contributed by atoms with Crippen LogP contribution in [-0.4, -0.2) is 54.2 Å². The molecule has 0 unspecified atom stereocenters. The Bertz CT molecular complexity index is 1030. The molecule has 8 heteroatoms. The van der Waals surface area contributed by atoms with E-state index in [2.05, 4.69) is 5.32 Å². The van der Waals surface area contributed by atoms with Gasteiger partial charge in [0.25, 0.3) is 0 Å². The minimum absolute atomic E-state index is 0.0386. The lowest BCUT2D eigenvalue weighted by Gasteiger charge is -2.57. The average molecular weight is 482 g/mol. The van der Waals surface area contributed by atoms with Gasteiger partial charge >= 0.3 is 5.97 Å². The molecule has 0 saturated carbocycles. The predicted octanol–water partition coefficient (Wildman–Crippen LogP) is 2.50. The maximum atomic E-state index is 12.6. The van der Waals surface area contributed by atoms with Crippen molar-refractivity contribution in [2.75, 3.05) is 7.11 Å². The molecule has 0 radical (unpaired) electrons. The summed E-state index contributed by atoms with van der Waals surface area (Å²) >= 11 is 0. The number of aliphatic hydroxyl groups excluding tert-OH is 1. The Hall–Kier alpha value is -3.04. The number of carbonyl (C=O) groups excluding carboxylic acids is 2. The van der Waals surface area contributed by atoms with E-state index in [4.69, 9.17) is 18.9 Å². The molecular formula is C27H31NO7.